The van der Waals surface area contributed by atoms with Crippen molar-refractivity contribution >= 4 is 39.9 Å². The third-order valence-corrected chi connectivity index (χ3v) is 5.33. The Hall–Kier alpha value is -3.27. The Morgan fingerprint density at radius 2 is 1.77 bits per heavy atom. The summed E-state index contributed by atoms with van der Waals surface area (Å²) >= 11 is 5.95. The van der Waals surface area contributed by atoms with Gasteiger partial charge in [0.1, 0.15) is 11.3 Å². The maximum Gasteiger partial charge on any atom is 0.416 e. The standard InChI is InChI=1S/C20H15ClF3N3O4/c21-14-2-4-17-12(9-14)10-18(31-17)19(28)26-7-5-25(6-8-26)15-3-1-13(20(22,23)24)11-16(15)27(29)30/h1-4,9-11H,5-8H2. The zero-order chi connectivity index (χ0) is 22.3. The number of furan rings is 1. The van der Waals surface area contributed by atoms with Gasteiger partial charge < -0.3 is 14.2 Å². The number of hydrogen-bond acceptors (Lipinski definition) is 5. The number of nitro benzene ring substituents is 1. The molecule has 2 aromatic carbocycles. The van der Waals surface area contributed by atoms with Crippen LogP contribution in [0.2, 0.25) is 5.02 Å². The number of hydrogen-bond donors (Lipinski definition) is 0. The first-order chi connectivity index (χ1) is 14.6. The van der Waals surface area contributed by atoms with Crippen molar-refractivity contribution in [3.63, 3.8) is 0 Å². The van der Waals surface area contributed by atoms with Gasteiger partial charge in [0.25, 0.3) is 11.6 Å². The van der Waals surface area contributed by atoms with Crippen molar-refractivity contribution in [3.05, 3.63) is 68.9 Å². The topological polar surface area (TPSA) is 79.8 Å². The maximum absolute atomic E-state index is 12.9. The number of carbonyl (C=O) groups excluding carboxylic acids is 1. The van der Waals surface area contributed by atoms with E-state index in [1.54, 1.807) is 29.2 Å². The van der Waals surface area contributed by atoms with Crippen LogP contribution in [-0.4, -0.2) is 41.9 Å². The monoisotopic (exact) mass is 453 g/mol. The Balaban J connectivity index is 1.50. The van der Waals surface area contributed by atoms with Crippen molar-refractivity contribution < 1.29 is 27.3 Å². The molecule has 162 valence electrons. The van der Waals surface area contributed by atoms with Crippen LogP contribution in [0, 0.1) is 10.1 Å². The highest BCUT2D eigenvalue weighted by atomic mass is 35.5. The quantitative estimate of drug-likeness (QED) is 0.413. The number of halogens is 4. The van der Waals surface area contributed by atoms with E-state index in [4.69, 9.17) is 16.0 Å². The van der Waals surface area contributed by atoms with Gasteiger partial charge in [0.05, 0.1) is 10.5 Å². The minimum absolute atomic E-state index is 0.0866. The Labute approximate surface area is 178 Å². The largest absolute Gasteiger partial charge is 0.451 e. The van der Waals surface area contributed by atoms with E-state index in [-0.39, 0.29) is 43.5 Å². The van der Waals surface area contributed by atoms with Crippen LogP contribution in [0.1, 0.15) is 16.1 Å². The fourth-order valence-corrected chi connectivity index (χ4v) is 3.72. The molecule has 7 nitrogen and oxygen atoms in total. The van der Waals surface area contributed by atoms with E-state index >= 15 is 0 Å². The number of nitrogens with zero attached hydrogens (tertiary/aromatic N) is 3. The molecule has 0 bridgehead atoms. The second-order valence-electron chi connectivity index (χ2n) is 7.03. The Morgan fingerprint density at radius 1 is 1.06 bits per heavy atom. The smallest absolute Gasteiger partial charge is 0.416 e. The normalized spacial score (nSPS) is 14.8. The average molecular weight is 454 g/mol. The minimum atomic E-state index is -4.68. The molecule has 0 spiro atoms. The fourth-order valence-electron chi connectivity index (χ4n) is 3.54. The van der Waals surface area contributed by atoms with E-state index in [1.165, 1.54) is 4.90 Å². The molecule has 11 heteroatoms. The van der Waals surface area contributed by atoms with E-state index < -0.39 is 22.4 Å². The molecule has 0 aliphatic carbocycles. The second kappa shape index (κ2) is 7.77. The SMILES string of the molecule is O=C(c1cc2cc(Cl)ccc2o1)N1CCN(c2ccc(C(F)(F)F)cc2[N+](=O)[O-])CC1. The highest BCUT2D eigenvalue weighted by Gasteiger charge is 2.34. The predicted octanol–water partition coefficient (Wildman–Crippen LogP) is 4.98. The van der Waals surface area contributed by atoms with Crippen LogP contribution in [-0.2, 0) is 6.18 Å². The van der Waals surface area contributed by atoms with Gasteiger partial charge in [-0.2, -0.15) is 13.2 Å². The molecule has 1 aromatic heterocycles. The van der Waals surface area contributed by atoms with Gasteiger partial charge in [-0.15, -0.1) is 0 Å². The highest BCUT2D eigenvalue weighted by molar-refractivity contribution is 6.31. The first-order valence-electron chi connectivity index (χ1n) is 9.22. The molecule has 1 amide bonds. The molecule has 1 aliphatic heterocycles. The van der Waals surface area contributed by atoms with Crippen LogP contribution in [0.25, 0.3) is 11.0 Å². The van der Waals surface area contributed by atoms with Gasteiger partial charge in [0.15, 0.2) is 5.76 Å². The summed E-state index contributed by atoms with van der Waals surface area (Å²) in [5.74, 6) is -0.194. The zero-order valence-electron chi connectivity index (χ0n) is 15.9. The molecule has 2 heterocycles. The molecular formula is C20H15ClF3N3O4. The van der Waals surface area contributed by atoms with Gasteiger partial charge >= 0.3 is 6.18 Å². The Morgan fingerprint density at radius 3 is 2.42 bits per heavy atom. The Bertz CT molecular complexity index is 1170. The number of carbonyl (C=O) groups is 1. The summed E-state index contributed by atoms with van der Waals surface area (Å²) < 4.78 is 44.3. The first kappa shape index (κ1) is 21.0. The average Bonchev–Trinajstić information content (AvgIpc) is 3.15. The number of anilines is 1. The van der Waals surface area contributed by atoms with Crippen LogP contribution in [0.5, 0.6) is 0 Å². The molecule has 0 N–H and O–H groups in total. The van der Waals surface area contributed by atoms with Gasteiger partial charge in [-0.1, -0.05) is 11.6 Å². The van der Waals surface area contributed by atoms with Gasteiger partial charge in [-0.05, 0) is 36.4 Å². The molecule has 0 unspecified atom stereocenters. The molecule has 1 saturated heterocycles. The number of amides is 1. The van der Waals surface area contributed by atoms with Crippen LogP contribution in [0.3, 0.4) is 0 Å². The second-order valence-corrected chi connectivity index (χ2v) is 7.47. The van der Waals surface area contributed by atoms with Crippen LogP contribution >= 0.6 is 11.6 Å². The van der Waals surface area contributed by atoms with E-state index in [9.17, 15) is 28.1 Å². The summed E-state index contributed by atoms with van der Waals surface area (Å²) in [4.78, 5) is 26.4. The molecule has 3 aromatic rings. The van der Waals surface area contributed by atoms with Crippen LogP contribution in [0.4, 0.5) is 24.5 Å². The first-order valence-corrected chi connectivity index (χ1v) is 9.60. The number of alkyl halides is 3. The molecule has 31 heavy (non-hydrogen) atoms. The van der Waals surface area contributed by atoms with Crippen LogP contribution < -0.4 is 4.90 Å². The third kappa shape index (κ3) is 4.15. The summed E-state index contributed by atoms with van der Waals surface area (Å²) in [6.45, 7) is 0.914. The van der Waals surface area contributed by atoms with Crippen LogP contribution in [0.15, 0.2) is 46.9 Å². The summed E-state index contributed by atoms with van der Waals surface area (Å²) in [5, 5.41) is 12.5. The van der Waals surface area contributed by atoms with Gasteiger partial charge in [0.2, 0.25) is 0 Å². The molecule has 1 aliphatic rings. The number of fused-ring (bicyclic) bond motifs is 1. The van der Waals surface area contributed by atoms with Crippen molar-refractivity contribution in [2.75, 3.05) is 31.1 Å². The zero-order valence-corrected chi connectivity index (χ0v) is 16.6. The molecule has 0 atom stereocenters. The lowest BCUT2D eigenvalue weighted by atomic mass is 10.1. The summed E-state index contributed by atoms with van der Waals surface area (Å²) in [6.07, 6.45) is -4.68. The number of rotatable bonds is 3. The number of piperazine rings is 1. The van der Waals surface area contributed by atoms with Crippen molar-refractivity contribution in [2.45, 2.75) is 6.18 Å². The molecule has 0 radical (unpaired) electrons. The highest BCUT2D eigenvalue weighted by Crippen LogP contribution is 2.37. The van der Waals surface area contributed by atoms with Crippen molar-refractivity contribution in [3.8, 4) is 0 Å². The van der Waals surface area contributed by atoms with Crippen molar-refractivity contribution in [1.29, 1.82) is 0 Å². The lowest BCUT2D eigenvalue weighted by Gasteiger charge is -2.35. The van der Waals surface area contributed by atoms with Crippen molar-refractivity contribution in [1.82, 2.24) is 4.90 Å². The van der Waals surface area contributed by atoms with Gasteiger partial charge in [0, 0.05) is 42.7 Å². The Kier molecular flexibility index (Phi) is 5.26. The predicted molar refractivity (Wildman–Crippen MR) is 107 cm³/mol. The van der Waals surface area contributed by atoms with E-state index in [2.05, 4.69) is 0 Å². The molecule has 0 saturated carbocycles. The summed E-state index contributed by atoms with van der Waals surface area (Å²) in [5.41, 5.74) is -1.10. The summed E-state index contributed by atoms with van der Waals surface area (Å²) in [7, 11) is 0. The summed E-state index contributed by atoms with van der Waals surface area (Å²) in [6, 6.07) is 9.04. The number of benzene rings is 2. The number of nitro groups is 1. The lowest BCUT2D eigenvalue weighted by Crippen LogP contribution is -2.48. The molecule has 4 rings (SSSR count). The van der Waals surface area contributed by atoms with Gasteiger partial charge in [-0.25, -0.2) is 0 Å². The third-order valence-electron chi connectivity index (χ3n) is 5.10. The fraction of sp³-hybridized carbons (Fsp3) is 0.250. The van der Waals surface area contributed by atoms with E-state index in [0.717, 1.165) is 12.1 Å². The van der Waals surface area contributed by atoms with Crippen molar-refractivity contribution in [2.24, 2.45) is 0 Å². The molecule has 1 fully saturated rings. The van der Waals surface area contributed by atoms with Gasteiger partial charge in [-0.3, -0.25) is 14.9 Å². The lowest BCUT2D eigenvalue weighted by molar-refractivity contribution is -0.384. The maximum atomic E-state index is 12.9. The molecular weight excluding hydrogens is 439 g/mol. The minimum Gasteiger partial charge on any atom is -0.451 e. The van der Waals surface area contributed by atoms with E-state index in [1.807, 2.05) is 0 Å². The van der Waals surface area contributed by atoms with E-state index in [0.29, 0.717) is 22.1 Å².